The van der Waals surface area contributed by atoms with Crippen LogP contribution in [0.5, 0.6) is 0 Å². The van der Waals surface area contributed by atoms with Gasteiger partial charge in [-0.2, -0.15) is 16.4 Å². The van der Waals surface area contributed by atoms with Gasteiger partial charge in [0.2, 0.25) is 11.8 Å². The van der Waals surface area contributed by atoms with Crippen LogP contribution in [-0.2, 0) is 9.59 Å². The number of carbonyl (C=O) groups excluding carboxylic acids is 2. The third-order valence-corrected chi connectivity index (χ3v) is 4.90. The van der Waals surface area contributed by atoms with Crippen molar-refractivity contribution in [3.8, 4) is 11.3 Å². The standard InChI is InChI=1S/C16H20N4O2S/c1-12(16(22)19-8-6-18(7-9-19)13(2)21)20-5-3-15(17-20)14-4-10-23-11-14/h3-5,10-12H,6-9H2,1-2H3/t12-/m1/s1. The van der Waals surface area contributed by atoms with Gasteiger partial charge in [-0.1, -0.05) is 0 Å². The zero-order valence-corrected chi connectivity index (χ0v) is 14.1. The van der Waals surface area contributed by atoms with E-state index >= 15 is 0 Å². The Bertz CT molecular complexity index is 687. The molecule has 0 unspecified atom stereocenters. The van der Waals surface area contributed by atoms with Crippen LogP contribution in [0.15, 0.2) is 29.1 Å². The van der Waals surface area contributed by atoms with E-state index < -0.39 is 0 Å². The van der Waals surface area contributed by atoms with Crippen LogP contribution < -0.4 is 0 Å². The van der Waals surface area contributed by atoms with Gasteiger partial charge in [-0.05, 0) is 24.4 Å². The topological polar surface area (TPSA) is 58.4 Å². The minimum atomic E-state index is -0.341. The predicted octanol–water partition coefficient (Wildman–Crippen LogP) is 1.86. The first-order chi connectivity index (χ1) is 11.1. The van der Waals surface area contributed by atoms with Crippen molar-refractivity contribution in [3.05, 3.63) is 29.1 Å². The van der Waals surface area contributed by atoms with Gasteiger partial charge >= 0.3 is 0 Å². The molecule has 1 saturated heterocycles. The van der Waals surface area contributed by atoms with Crippen molar-refractivity contribution in [2.24, 2.45) is 0 Å². The van der Waals surface area contributed by atoms with Crippen LogP contribution in [0, 0.1) is 0 Å². The molecule has 0 bridgehead atoms. The molecule has 1 aliphatic heterocycles. The van der Waals surface area contributed by atoms with Crippen LogP contribution in [0.2, 0.25) is 0 Å². The van der Waals surface area contributed by atoms with Crippen LogP contribution in [0.1, 0.15) is 19.9 Å². The molecule has 0 aromatic carbocycles. The Hall–Kier alpha value is -2.15. The summed E-state index contributed by atoms with van der Waals surface area (Å²) in [6.07, 6.45) is 1.85. The predicted molar refractivity (Wildman–Crippen MR) is 89.1 cm³/mol. The molecule has 1 fully saturated rings. The summed E-state index contributed by atoms with van der Waals surface area (Å²) < 4.78 is 1.71. The lowest BCUT2D eigenvalue weighted by atomic mass is 10.2. The molecule has 0 spiro atoms. The van der Waals surface area contributed by atoms with Crippen molar-refractivity contribution in [1.29, 1.82) is 0 Å². The summed E-state index contributed by atoms with van der Waals surface area (Å²) in [5.41, 5.74) is 1.95. The smallest absolute Gasteiger partial charge is 0.247 e. The zero-order valence-electron chi connectivity index (χ0n) is 13.3. The fourth-order valence-corrected chi connectivity index (χ4v) is 3.39. The van der Waals surface area contributed by atoms with Gasteiger partial charge in [0.25, 0.3) is 0 Å². The molecule has 3 rings (SSSR count). The Balaban J connectivity index is 1.65. The first-order valence-corrected chi connectivity index (χ1v) is 8.62. The summed E-state index contributed by atoms with van der Waals surface area (Å²) in [7, 11) is 0. The molecular weight excluding hydrogens is 312 g/mol. The van der Waals surface area contributed by atoms with E-state index in [1.54, 1.807) is 27.8 Å². The molecule has 0 radical (unpaired) electrons. The van der Waals surface area contributed by atoms with Gasteiger partial charge in [0.05, 0.1) is 5.69 Å². The van der Waals surface area contributed by atoms with E-state index in [1.807, 2.05) is 40.9 Å². The maximum absolute atomic E-state index is 12.6. The summed E-state index contributed by atoms with van der Waals surface area (Å²) >= 11 is 1.63. The van der Waals surface area contributed by atoms with Gasteiger partial charge in [0, 0.05) is 50.2 Å². The molecule has 3 heterocycles. The summed E-state index contributed by atoms with van der Waals surface area (Å²) in [5, 5.41) is 8.58. The van der Waals surface area contributed by atoms with E-state index in [0.717, 1.165) is 11.3 Å². The first kappa shape index (κ1) is 15.7. The lowest BCUT2D eigenvalue weighted by Crippen LogP contribution is -2.51. The highest BCUT2D eigenvalue weighted by Gasteiger charge is 2.27. The molecule has 2 aromatic heterocycles. The molecule has 0 aliphatic carbocycles. The first-order valence-electron chi connectivity index (χ1n) is 7.68. The monoisotopic (exact) mass is 332 g/mol. The normalized spacial score (nSPS) is 16.4. The van der Waals surface area contributed by atoms with Gasteiger partial charge in [-0.3, -0.25) is 14.3 Å². The van der Waals surface area contributed by atoms with E-state index in [-0.39, 0.29) is 17.9 Å². The number of carbonyl (C=O) groups is 2. The summed E-state index contributed by atoms with van der Waals surface area (Å²) in [6, 6.07) is 3.61. The molecule has 0 N–H and O–H groups in total. The van der Waals surface area contributed by atoms with Gasteiger partial charge < -0.3 is 9.80 Å². The summed E-state index contributed by atoms with van der Waals surface area (Å²) in [4.78, 5) is 27.6. The molecule has 23 heavy (non-hydrogen) atoms. The van der Waals surface area contributed by atoms with Gasteiger partial charge in [0.15, 0.2) is 0 Å². The van der Waals surface area contributed by atoms with E-state index in [0.29, 0.717) is 26.2 Å². The van der Waals surface area contributed by atoms with Gasteiger partial charge in [0.1, 0.15) is 6.04 Å². The number of hydrogen-bond acceptors (Lipinski definition) is 4. The minimum absolute atomic E-state index is 0.0492. The fourth-order valence-electron chi connectivity index (χ4n) is 2.74. The minimum Gasteiger partial charge on any atom is -0.339 e. The van der Waals surface area contributed by atoms with Gasteiger partial charge in [-0.25, -0.2) is 0 Å². The second-order valence-corrected chi connectivity index (χ2v) is 6.48. The number of thiophene rings is 1. The van der Waals surface area contributed by atoms with E-state index in [2.05, 4.69) is 5.10 Å². The molecule has 0 saturated carbocycles. The largest absolute Gasteiger partial charge is 0.339 e. The van der Waals surface area contributed by atoms with Crippen molar-refractivity contribution >= 4 is 23.2 Å². The number of amides is 2. The maximum Gasteiger partial charge on any atom is 0.247 e. The maximum atomic E-state index is 12.6. The average molecular weight is 332 g/mol. The van der Waals surface area contributed by atoms with Crippen molar-refractivity contribution in [1.82, 2.24) is 19.6 Å². The lowest BCUT2D eigenvalue weighted by Gasteiger charge is -2.35. The lowest BCUT2D eigenvalue weighted by molar-refractivity contribution is -0.140. The number of nitrogens with zero attached hydrogens (tertiary/aromatic N) is 4. The molecular formula is C16H20N4O2S. The number of piperazine rings is 1. The molecule has 2 aromatic rings. The second-order valence-electron chi connectivity index (χ2n) is 5.70. The SMILES string of the molecule is CC(=O)N1CCN(C(=O)[C@@H](C)n2ccc(-c3ccsc3)n2)CC1. The third kappa shape index (κ3) is 3.29. The number of hydrogen-bond donors (Lipinski definition) is 0. The molecule has 6 nitrogen and oxygen atoms in total. The average Bonchev–Trinajstić information content (AvgIpc) is 3.24. The molecule has 122 valence electrons. The van der Waals surface area contributed by atoms with Gasteiger partial charge in [-0.15, -0.1) is 0 Å². The quantitative estimate of drug-likeness (QED) is 0.862. The van der Waals surface area contributed by atoms with E-state index in [9.17, 15) is 9.59 Å². The molecule has 2 amide bonds. The third-order valence-electron chi connectivity index (χ3n) is 4.22. The zero-order chi connectivity index (χ0) is 16.4. The fraction of sp³-hybridized carbons (Fsp3) is 0.438. The Kier molecular flexibility index (Phi) is 4.47. The van der Waals surface area contributed by atoms with Crippen molar-refractivity contribution in [2.75, 3.05) is 26.2 Å². The van der Waals surface area contributed by atoms with Crippen molar-refractivity contribution in [2.45, 2.75) is 19.9 Å². The Labute approximate surface area is 139 Å². The summed E-state index contributed by atoms with van der Waals surface area (Å²) in [5.74, 6) is 0.116. The highest BCUT2D eigenvalue weighted by Crippen LogP contribution is 2.21. The highest BCUT2D eigenvalue weighted by atomic mass is 32.1. The van der Waals surface area contributed by atoms with Crippen molar-refractivity contribution in [3.63, 3.8) is 0 Å². The van der Waals surface area contributed by atoms with Crippen LogP contribution in [0.3, 0.4) is 0 Å². The Morgan fingerprint density at radius 3 is 2.48 bits per heavy atom. The van der Waals surface area contributed by atoms with E-state index in [1.165, 1.54) is 0 Å². The number of rotatable bonds is 3. The second kappa shape index (κ2) is 6.54. The molecule has 1 aliphatic rings. The molecule has 7 heteroatoms. The van der Waals surface area contributed by atoms with E-state index in [4.69, 9.17) is 0 Å². The molecule has 1 atom stereocenters. The Morgan fingerprint density at radius 1 is 1.17 bits per heavy atom. The highest BCUT2D eigenvalue weighted by molar-refractivity contribution is 7.08. The summed E-state index contributed by atoms with van der Waals surface area (Å²) in [6.45, 7) is 5.81. The van der Waals surface area contributed by atoms with Crippen LogP contribution >= 0.6 is 11.3 Å². The van der Waals surface area contributed by atoms with Crippen LogP contribution in [0.25, 0.3) is 11.3 Å². The van der Waals surface area contributed by atoms with Crippen molar-refractivity contribution < 1.29 is 9.59 Å². The Morgan fingerprint density at radius 2 is 1.87 bits per heavy atom. The van der Waals surface area contributed by atoms with Crippen LogP contribution in [0.4, 0.5) is 0 Å². The van der Waals surface area contributed by atoms with Crippen LogP contribution in [-0.4, -0.2) is 57.6 Å². The number of aromatic nitrogens is 2.